The number of H-pyrrole nitrogens is 1. The van der Waals surface area contributed by atoms with Crippen LogP contribution >= 0.6 is 0 Å². The predicted octanol–water partition coefficient (Wildman–Crippen LogP) is -1.23. The minimum Gasteiger partial charge on any atom is -0.396 e. The topological polar surface area (TPSA) is 115 Å². The molecular formula is C7H13N3O3. The van der Waals surface area contributed by atoms with Crippen LogP contribution in [0.3, 0.4) is 0 Å². The van der Waals surface area contributed by atoms with Crippen LogP contribution < -0.4 is 5.73 Å². The maximum atomic E-state index is 9.49. The van der Waals surface area contributed by atoms with Crippen LogP contribution in [0.1, 0.15) is 18.1 Å². The zero-order chi connectivity index (χ0) is 9.84. The number of anilines is 1. The van der Waals surface area contributed by atoms with Crippen molar-refractivity contribution >= 4 is 5.82 Å². The lowest BCUT2D eigenvalue weighted by Crippen LogP contribution is -2.19. The maximum absolute atomic E-state index is 9.49. The van der Waals surface area contributed by atoms with Crippen molar-refractivity contribution in [1.82, 2.24) is 10.2 Å². The van der Waals surface area contributed by atoms with Crippen LogP contribution in [0.2, 0.25) is 0 Å². The predicted molar refractivity (Wildman–Crippen MR) is 45.7 cm³/mol. The van der Waals surface area contributed by atoms with E-state index in [1.807, 2.05) is 0 Å². The molecule has 0 aromatic carbocycles. The molecule has 1 aromatic rings. The first-order chi connectivity index (χ1) is 6.16. The normalized spacial score (nSPS) is 15.6. The van der Waals surface area contributed by atoms with Crippen LogP contribution in [-0.4, -0.2) is 38.2 Å². The first-order valence-electron chi connectivity index (χ1n) is 3.92. The van der Waals surface area contributed by atoms with Crippen LogP contribution in [-0.2, 0) is 0 Å². The fourth-order valence-electron chi connectivity index (χ4n) is 1.04. The van der Waals surface area contributed by atoms with Gasteiger partial charge in [0.05, 0.1) is 12.3 Å². The van der Waals surface area contributed by atoms with Gasteiger partial charge in [0, 0.05) is 12.2 Å². The van der Waals surface area contributed by atoms with Gasteiger partial charge in [0.15, 0.2) is 0 Å². The molecule has 0 aliphatic heterocycles. The molecule has 0 bridgehead atoms. The number of rotatable bonds is 4. The third-order valence-electron chi connectivity index (χ3n) is 1.81. The number of aromatic nitrogens is 2. The molecule has 0 aliphatic rings. The van der Waals surface area contributed by atoms with Crippen molar-refractivity contribution < 1.29 is 15.3 Å². The minimum atomic E-state index is -1.11. The average Bonchev–Trinajstić information content (AvgIpc) is 2.50. The zero-order valence-corrected chi connectivity index (χ0v) is 7.01. The second kappa shape index (κ2) is 4.22. The van der Waals surface area contributed by atoms with Gasteiger partial charge in [-0.15, -0.1) is 0 Å². The summed E-state index contributed by atoms with van der Waals surface area (Å²) in [6.07, 6.45) is -0.678. The molecule has 6 heteroatoms. The standard InChI is InChI=1S/C7H13N3O3/c8-7-4(3-9-10-7)6(13)5(12)1-2-11/h3,5-6,11-13H,1-2H2,(H3,8,9,10). The molecule has 2 atom stereocenters. The zero-order valence-electron chi connectivity index (χ0n) is 7.01. The number of aliphatic hydroxyl groups is 3. The van der Waals surface area contributed by atoms with E-state index in [1.54, 1.807) is 0 Å². The van der Waals surface area contributed by atoms with Crippen molar-refractivity contribution in [2.45, 2.75) is 18.6 Å². The molecule has 6 nitrogen and oxygen atoms in total. The van der Waals surface area contributed by atoms with Crippen molar-refractivity contribution in [2.24, 2.45) is 0 Å². The lowest BCUT2D eigenvalue weighted by atomic mass is 10.1. The molecule has 0 amide bonds. The minimum absolute atomic E-state index is 0.103. The highest BCUT2D eigenvalue weighted by Gasteiger charge is 2.20. The van der Waals surface area contributed by atoms with Crippen molar-refractivity contribution in [2.75, 3.05) is 12.3 Å². The summed E-state index contributed by atoms with van der Waals surface area (Å²) in [4.78, 5) is 0. The van der Waals surface area contributed by atoms with Crippen molar-refractivity contribution in [1.29, 1.82) is 0 Å². The SMILES string of the molecule is Nc1[nH]ncc1C(O)C(O)CCO. The first kappa shape index (κ1) is 9.97. The van der Waals surface area contributed by atoms with Gasteiger partial charge >= 0.3 is 0 Å². The van der Waals surface area contributed by atoms with E-state index in [1.165, 1.54) is 6.20 Å². The lowest BCUT2D eigenvalue weighted by Gasteiger charge is -2.15. The summed E-state index contributed by atoms with van der Waals surface area (Å²) >= 11 is 0. The van der Waals surface area contributed by atoms with Gasteiger partial charge in [0.25, 0.3) is 0 Å². The Hall–Kier alpha value is -1.11. The van der Waals surface area contributed by atoms with Crippen LogP contribution in [0.5, 0.6) is 0 Å². The first-order valence-corrected chi connectivity index (χ1v) is 3.92. The summed E-state index contributed by atoms with van der Waals surface area (Å²) in [5, 5.41) is 33.4. The number of hydrogen-bond acceptors (Lipinski definition) is 5. The van der Waals surface area contributed by atoms with Crippen molar-refractivity contribution in [3.05, 3.63) is 11.8 Å². The molecule has 0 saturated heterocycles. The Morgan fingerprint density at radius 1 is 1.54 bits per heavy atom. The van der Waals surface area contributed by atoms with E-state index in [2.05, 4.69) is 10.2 Å². The summed E-state index contributed by atoms with van der Waals surface area (Å²) in [6.45, 7) is -0.185. The second-order valence-electron chi connectivity index (χ2n) is 2.76. The number of aromatic amines is 1. The van der Waals surface area contributed by atoms with E-state index in [0.717, 1.165) is 0 Å². The highest BCUT2D eigenvalue weighted by atomic mass is 16.3. The van der Waals surface area contributed by atoms with E-state index in [4.69, 9.17) is 10.8 Å². The summed E-state index contributed by atoms with van der Waals surface area (Å²) in [6, 6.07) is 0. The fraction of sp³-hybridized carbons (Fsp3) is 0.571. The highest BCUT2D eigenvalue weighted by Crippen LogP contribution is 2.21. The maximum Gasteiger partial charge on any atom is 0.124 e. The third kappa shape index (κ3) is 2.18. The van der Waals surface area contributed by atoms with E-state index < -0.39 is 12.2 Å². The molecule has 0 fully saturated rings. The van der Waals surface area contributed by atoms with Crippen LogP contribution in [0, 0.1) is 0 Å². The Morgan fingerprint density at radius 3 is 2.69 bits per heavy atom. The lowest BCUT2D eigenvalue weighted by molar-refractivity contribution is 0.00461. The Kier molecular flexibility index (Phi) is 3.24. The monoisotopic (exact) mass is 187 g/mol. The van der Waals surface area contributed by atoms with Crippen molar-refractivity contribution in [3.8, 4) is 0 Å². The van der Waals surface area contributed by atoms with E-state index in [-0.39, 0.29) is 18.8 Å². The van der Waals surface area contributed by atoms with E-state index >= 15 is 0 Å². The average molecular weight is 187 g/mol. The molecule has 0 saturated carbocycles. The number of nitrogens with one attached hydrogen (secondary N) is 1. The molecule has 0 aliphatic carbocycles. The Bertz CT molecular complexity index is 263. The van der Waals surface area contributed by atoms with Gasteiger partial charge in [0.1, 0.15) is 11.9 Å². The second-order valence-corrected chi connectivity index (χ2v) is 2.76. The quantitative estimate of drug-likeness (QED) is 0.404. The number of nitrogens with two attached hydrogens (primary N) is 1. The molecule has 0 radical (unpaired) electrons. The smallest absolute Gasteiger partial charge is 0.124 e. The fourth-order valence-corrected chi connectivity index (χ4v) is 1.04. The number of hydrogen-bond donors (Lipinski definition) is 5. The Labute approximate surface area is 75.0 Å². The summed E-state index contributed by atoms with van der Waals surface area (Å²) < 4.78 is 0. The summed E-state index contributed by atoms with van der Waals surface area (Å²) in [5.41, 5.74) is 5.77. The van der Waals surface area contributed by atoms with Gasteiger partial charge in [-0.2, -0.15) is 5.10 Å². The molecule has 1 heterocycles. The molecule has 0 spiro atoms. The summed E-state index contributed by atoms with van der Waals surface area (Å²) in [5.74, 6) is 0.226. The largest absolute Gasteiger partial charge is 0.396 e. The molecule has 1 aromatic heterocycles. The molecule has 13 heavy (non-hydrogen) atoms. The molecule has 6 N–H and O–H groups in total. The van der Waals surface area contributed by atoms with Crippen LogP contribution in [0.15, 0.2) is 6.20 Å². The molecule has 1 rings (SSSR count). The van der Waals surface area contributed by atoms with E-state index in [0.29, 0.717) is 5.56 Å². The van der Waals surface area contributed by atoms with Crippen molar-refractivity contribution in [3.63, 3.8) is 0 Å². The highest BCUT2D eigenvalue weighted by molar-refractivity contribution is 5.38. The number of aliphatic hydroxyl groups excluding tert-OH is 3. The number of nitrogen functional groups attached to an aromatic ring is 1. The van der Waals surface area contributed by atoms with Gasteiger partial charge in [-0.1, -0.05) is 0 Å². The molecular weight excluding hydrogens is 174 g/mol. The van der Waals surface area contributed by atoms with Crippen LogP contribution in [0.25, 0.3) is 0 Å². The molecule has 74 valence electrons. The number of nitrogens with zero attached hydrogens (tertiary/aromatic N) is 1. The Balaban J connectivity index is 2.67. The van der Waals surface area contributed by atoms with Crippen LogP contribution in [0.4, 0.5) is 5.82 Å². The third-order valence-corrected chi connectivity index (χ3v) is 1.81. The molecule has 2 unspecified atom stereocenters. The summed E-state index contributed by atoms with van der Waals surface area (Å²) in [7, 11) is 0. The van der Waals surface area contributed by atoms with Gasteiger partial charge in [-0.25, -0.2) is 0 Å². The van der Waals surface area contributed by atoms with Gasteiger partial charge in [-0.05, 0) is 6.42 Å². The van der Waals surface area contributed by atoms with Gasteiger partial charge < -0.3 is 21.1 Å². The van der Waals surface area contributed by atoms with E-state index in [9.17, 15) is 10.2 Å². The van der Waals surface area contributed by atoms with Gasteiger partial charge in [-0.3, -0.25) is 5.10 Å². The Morgan fingerprint density at radius 2 is 2.23 bits per heavy atom. The van der Waals surface area contributed by atoms with Gasteiger partial charge in [0.2, 0.25) is 0 Å².